The minimum Gasteiger partial charge on any atom is -0.408 e. The summed E-state index contributed by atoms with van der Waals surface area (Å²) in [4.78, 5) is 74.6. The van der Waals surface area contributed by atoms with Gasteiger partial charge in [-0.1, -0.05) is 52.8 Å². The van der Waals surface area contributed by atoms with E-state index in [-0.39, 0.29) is 59.5 Å². The summed E-state index contributed by atoms with van der Waals surface area (Å²) in [6.45, 7) is 12.4. The lowest BCUT2D eigenvalue weighted by molar-refractivity contribution is -0.118. The Balaban J connectivity index is 1.14. The average molecular weight is 986 g/mol. The maximum absolute atomic E-state index is 13.2. The van der Waals surface area contributed by atoms with Gasteiger partial charge in [0, 0.05) is 17.9 Å². The van der Waals surface area contributed by atoms with Crippen LogP contribution >= 0.6 is 16.9 Å². The van der Waals surface area contributed by atoms with E-state index in [1.54, 1.807) is 48.7 Å². The van der Waals surface area contributed by atoms with E-state index in [0.29, 0.717) is 11.2 Å². The minimum atomic E-state index is -3.16. The van der Waals surface area contributed by atoms with Crippen LogP contribution < -0.4 is 16.2 Å². The van der Waals surface area contributed by atoms with Crippen LogP contribution in [-0.2, 0) is 41.4 Å². The van der Waals surface area contributed by atoms with Crippen LogP contribution in [0.2, 0.25) is 18.1 Å². The number of hydrogen-bond acceptors (Lipinski definition) is 19. The number of nitrogens with zero attached hydrogens (tertiary/aromatic N) is 8. The van der Waals surface area contributed by atoms with Crippen LogP contribution in [0, 0.1) is 17.2 Å². The van der Waals surface area contributed by atoms with Crippen molar-refractivity contribution in [2.75, 3.05) is 30.5 Å². The Morgan fingerprint density at radius 1 is 1.04 bits per heavy atom. The molecular weight excluding hydrogens is 933 g/mol. The molecule has 27 heteroatoms. The van der Waals surface area contributed by atoms with Crippen molar-refractivity contribution in [3.8, 4) is 6.07 Å². The zero-order chi connectivity index (χ0) is 48.2. The van der Waals surface area contributed by atoms with Gasteiger partial charge in [0.1, 0.15) is 37.0 Å². The monoisotopic (exact) mass is 985 g/mol. The quantitative estimate of drug-likeness (QED) is 0.0425. The molecule has 9 atom stereocenters. The molecule has 2 aliphatic heterocycles. The van der Waals surface area contributed by atoms with E-state index < -0.39 is 98.0 Å². The number of benzene rings is 1. The second kappa shape index (κ2) is 21.1. The molecule has 7 rings (SSSR count). The molecule has 0 radical (unpaired) electrons. The number of fused-ring (bicyclic) bond motifs is 2. The highest BCUT2D eigenvalue weighted by atomic mass is 31.2. The molecule has 5 aromatic rings. The smallest absolute Gasteiger partial charge is 0.330 e. The molecule has 2 amide bonds. The molecular formula is C40H53N11O13P2Si. The number of ether oxygens (including phenoxy) is 2. The summed E-state index contributed by atoms with van der Waals surface area (Å²) < 4.78 is 58.9. The van der Waals surface area contributed by atoms with E-state index in [0.717, 1.165) is 0 Å². The first-order valence-corrected chi connectivity index (χ1v) is 26.6. The molecule has 2 aliphatic rings. The Morgan fingerprint density at radius 2 is 1.78 bits per heavy atom. The molecule has 24 nitrogen and oxygen atoms in total. The van der Waals surface area contributed by atoms with Crippen molar-refractivity contribution in [3.05, 3.63) is 65.2 Å². The molecule has 0 saturated carbocycles. The first-order valence-electron chi connectivity index (χ1n) is 21.3. The third-order valence-corrected chi connectivity index (χ3v) is 17.7. The van der Waals surface area contributed by atoms with Crippen LogP contribution in [0.25, 0.3) is 22.3 Å². The number of carbonyl (C=O) groups excluding carboxylic acids is 2. The molecule has 2 unspecified atom stereocenters. The molecule has 360 valence electrons. The third-order valence-electron chi connectivity index (χ3n) is 11.5. The third kappa shape index (κ3) is 11.3. The summed E-state index contributed by atoms with van der Waals surface area (Å²) in [5, 5.41) is 24.7. The first kappa shape index (κ1) is 50.0. The number of imidazole rings is 2. The van der Waals surface area contributed by atoms with Gasteiger partial charge >= 0.3 is 16.9 Å². The number of carbonyl (C=O) groups is 2. The second-order valence-corrected chi connectivity index (χ2v) is 24.2. The van der Waals surface area contributed by atoms with Gasteiger partial charge in [0.25, 0.3) is 11.5 Å². The number of H-pyrrole nitrogens is 1. The molecule has 67 heavy (non-hydrogen) atoms. The Bertz CT molecular complexity index is 2680. The fourth-order valence-corrected chi connectivity index (χ4v) is 9.88. The molecule has 2 fully saturated rings. The number of nitrogens with one attached hydrogen (secondary N) is 3. The minimum absolute atomic E-state index is 0.00912. The maximum Gasteiger partial charge on any atom is 0.330 e. The number of hydrogen-bond donors (Lipinski definition) is 5. The van der Waals surface area contributed by atoms with Crippen LogP contribution in [-0.4, -0.2) is 120 Å². The summed E-state index contributed by atoms with van der Waals surface area (Å²) in [6, 6.07) is 10.5. The highest BCUT2D eigenvalue weighted by molar-refractivity contribution is 7.40. The van der Waals surface area contributed by atoms with Gasteiger partial charge in [0.2, 0.25) is 11.9 Å². The number of aliphatic hydroxyl groups is 1. The van der Waals surface area contributed by atoms with E-state index in [4.69, 9.17) is 37.3 Å². The number of aromatic amines is 1. The number of amides is 2. The van der Waals surface area contributed by atoms with Crippen molar-refractivity contribution < 1.29 is 56.1 Å². The largest absolute Gasteiger partial charge is 0.408 e. The molecule has 5 N–H and O–H groups in total. The van der Waals surface area contributed by atoms with Gasteiger partial charge in [-0.3, -0.25) is 38.4 Å². The zero-order valence-corrected chi connectivity index (χ0v) is 40.6. The fourth-order valence-electron chi connectivity index (χ4n) is 6.96. The van der Waals surface area contributed by atoms with Crippen molar-refractivity contribution >= 4 is 71.1 Å². The highest BCUT2D eigenvalue weighted by Crippen LogP contribution is 2.48. The molecule has 1 aromatic carbocycles. The summed E-state index contributed by atoms with van der Waals surface area (Å²) in [6.07, 6.45) is -3.18. The standard InChI is InChI=1S/C40H53N11O13P2Si/c1-22(2)35(53)48-39-47-34-29(37(55)49-39)45-21-51(34)38-31(30(25(17-52)61-38)64-67(6,7)40(3,4)5)63-66(57)59-18-26-24(62-65(56)58-15-11-14-41)16-27(60-26)50-20-44-28-32(42-19-43-33(28)50)46-36(54)23-12-9-8-10-13-23/h8-10,12-13,19-22,24-27,30-31,38,52,57,65H,11,15-18H2,1-7H3,(H,42,43,46,54)(H2,47,48,49,53,55)/t24-,25+,26+,27+,30+,31+,38+,66?/m0/s1. The lowest BCUT2D eigenvalue weighted by atomic mass is 10.1. The van der Waals surface area contributed by atoms with Gasteiger partial charge in [0.05, 0.1) is 51.1 Å². The van der Waals surface area contributed by atoms with Crippen LogP contribution in [0.3, 0.4) is 0 Å². The molecule has 6 heterocycles. The average Bonchev–Trinajstić information content (AvgIpc) is 4.08. The van der Waals surface area contributed by atoms with Gasteiger partial charge in [-0.2, -0.15) is 10.2 Å². The summed E-state index contributed by atoms with van der Waals surface area (Å²) in [5.74, 6) is -1.21. The van der Waals surface area contributed by atoms with Crippen LogP contribution in [0.15, 0.2) is 54.1 Å². The van der Waals surface area contributed by atoms with Crippen molar-refractivity contribution in [1.29, 1.82) is 5.26 Å². The normalized spacial score (nSPS) is 23.1. The summed E-state index contributed by atoms with van der Waals surface area (Å²) >= 11 is 0. The molecule has 2 saturated heterocycles. The van der Waals surface area contributed by atoms with Gasteiger partial charge in [0.15, 0.2) is 42.7 Å². The van der Waals surface area contributed by atoms with Crippen LogP contribution in [0.4, 0.5) is 11.8 Å². The van der Waals surface area contributed by atoms with E-state index in [1.807, 2.05) is 39.9 Å². The van der Waals surface area contributed by atoms with Crippen molar-refractivity contribution in [2.24, 2.45) is 5.92 Å². The topological polar surface area (TPSA) is 311 Å². The number of anilines is 2. The first-order chi connectivity index (χ1) is 31.9. The predicted molar refractivity (Wildman–Crippen MR) is 243 cm³/mol. The summed E-state index contributed by atoms with van der Waals surface area (Å²) in [5.41, 5.74) is 0.251. The van der Waals surface area contributed by atoms with E-state index in [1.165, 1.54) is 23.5 Å². The van der Waals surface area contributed by atoms with Crippen molar-refractivity contribution in [1.82, 2.24) is 39.0 Å². The zero-order valence-electron chi connectivity index (χ0n) is 37.7. The lowest BCUT2D eigenvalue weighted by Crippen LogP contribution is -2.50. The SMILES string of the molecule is CC(C)C(=O)Nc1nc2c(ncn2[C@@H]2O[C@H](CO)[C@@H](O[Si](C)(C)C(C)(C)C)[C@H]2OP(O)OC[C@H]2O[C@@H](n3cnc4c(NC(=O)c5ccccc5)ncnc43)C[C@@H]2O[PH](=O)OCCC#N)c(=O)[nH]1. The van der Waals surface area contributed by atoms with E-state index in [2.05, 4.69) is 40.5 Å². The number of rotatable bonds is 19. The van der Waals surface area contributed by atoms with Gasteiger partial charge < -0.3 is 47.3 Å². The van der Waals surface area contributed by atoms with Gasteiger partial charge in [-0.15, -0.1) is 0 Å². The van der Waals surface area contributed by atoms with Gasteiger partial charge in [-0.05, 0) is 30.3 Å². The second-order valence-electron chi connectivity index (χ2n) is 17.5. The number of nitriles is 1. The number of aromatic nitrogens is 8. The molecule has 0 aliphatic carbocycles. The van der Waals surface area contributed by atoms with Crippen molar-refractivity contribution in [3.63, 3.8) is 0 Å². The Labute approximate surface area is 386 Å². The van der Waals surface area contributed by atoms with Crippen LogP contribution in [0.5, 0.6) is 0 Å². The van der Waals surface area contributed by atoms with Crippen molar-refractivity contribution in [2.45, 2.75) is 109 Å². The maximum atomic E-state index is 13.2. The Hall–Kier alpha value is -4.93. The highest BCUT2D eigenvalue weighted by Gasteiger charge is 2.53. The van der Waals surface area contributed by atoms with E-state index >= 15 is 0 Å². The van der Waals surface area contributed by atoms with Gasteiger partial charge in [-0.25, -0.2) is 19.9 Å². The Kier molecular flexibility index (Phi) is 15.8. The Morgan fingerprint density at radius 3 is 2.48 bits per heavy atom. The number of aliphatic hydroxyl groups excluding tert-OH is 1. The molecule has 0 spiro atoms. The molecule has 4 aromatic heterocycles. The molecule has 0 bridgehead atoms. The predicted octanol–water partition coefficient (Wildman–Crippen LogP) is 4.70. The van der Waals surface area contributed by atoms with E-state index in [9.17, 15) is 28.9 Å². The lowest BCUT2D eigenvalue weighted by Gasteiger charge is -2.40. The fraction of sp³-hybridized carbons (Fsp3) is 0.525. The summed E-state index contributed by atoms with van der Waals surface area (Å²) in [7, 11) is -8.65. The van der Waals surface area contributed by atoms with Crippen LogP contribution in [0.1, 0.15) is 70.3 Å².